The largest absolute Gasteiger partial charge is 0.462 e. The Morgan fingerprint density at radius 1 is 1.60 bits per heavy atom. The van der Waals surface area contributed by atoms with Gasteiger partial charge in [0.25, 0.3) is 0 Å². The highest BCUT2D eigenvalue weighted by molar-refractivity contribution is 5.69. The van der Waals surface area contributed by atoms with Crippen molar-refractivity contribution >= 4 is 5.97 Å². The average molecular weight is 210 g/mol. The molecular weight excluding hydrogens is 192 g/mol. The van der Waals surface area contributed by atoms with E-state index in [0.29, 0.717) is 0 Å². The summed E-state index contributed by atoms with van der Waals surface area (Å²) >= 11 is 0. The van der Waals surface area contributed by atoms with Gasteiger partial charge in [0.05, 0.1) is 6.10 Å². The minimum Gasteiger partial charge on any atom is -0.462 e. The van der Waals surface area contributed by atoms with Crippen LogP contribution in [-0.2, 0) is 22.5 Å². The van der Waals surface area contributed by atoms with Gasteiger partial charge in [-0.05, 0) is 20.3 Å². The highest BCUT2D eigenvalue weighted by atomic mass is 16.5. The highest BCUT2D eigenvalue weighted by Crippen LogP contribution is 2.02. The second-order valence-corrected chi connectivity index (χ2v) is 3.76. The fourth-order valence-corrected chi connectivity index (χ4v) is 1.38. The van der Waals surface area contributed by atoms with E-state index in [1.54, 1.807) is 6.20 Å². The average Bonchev–Trinajstić information content (AvgIpc) is 2.52. The van der Waals surface area contributed by atoms with Crippen molar-refractivity contribution in [2.24, 2.45) is 0 Å². The van der Waals surface area contributed by atoms with Crippen LogP contribution in [0.5, 0.6) is 0 Å². The van der Waals surface area contributed by atoms with Crippen molar-refractivity contribution in [2.75, 3.05) is 0 Å². The predicted molar refractivity (Wildman–Crippen MR) is 57.5 cm³/mol. The van der Waals surface area contributed by atoms with Crippen LogP contribution in [0, 0.1) is 0 Å². The first kappa shape index (κ1) is 11.8. The van der Waals surface area contributed by atoms with Gasteiger partial charge < -0.3 is 9.30 Å². The van der Waals surface area contributed by atoms with Crippen LogP contribution in [0.15, 0.2) is 12.4 Å². The number of imidazole rings is 1. The molecule has 0 unspecified atom stereocenters. The van der Waals surface area contributed by atoms with Gasteiger partial charge in [-0.1, -0.05) is 6.92 Å². The summed E-state index contributed by atoms with van der Waals surface area (Å²) in [5.41, 5.74) is 0. The molecule has 0 aromatic carbocycles. The molecule has 0 spiro atoms. The molecule has 0 amide bonds. The molecule has 1 aromatic heterocycles. The fourth-order valence-electron chi connectivity index (χ4n) is 1.38. The van der Waals surface area contributed by atoms with Crippen LogP contribution >= 0.6 is 0 Å². The number of nitrogens with zero attached hydrogens (tertiary/aromatic N) is 2. The van der Waals surface area contributed by atoms with Crippen molar-refractivity contribution in [1.82, 2.24) is 9.55 Å². The van der Waals surface area contributed by atoms with E-state index in [2.05, 4.69) is 11.9 Å². The van der Waals surface area contributed by atoms with E-state index in [1.807, 2.05) is 24.6 Å². The lowest BCUT2D eigenvalue weighted by atomic mass is 10.3. The molecule has 4 heteroatoms. The van der Waals surface area contributed by atoms with Crippen LogP contribution < -0.4 is 0 Å². The van der Waals surface area contributed by atoms with E-state index in [1.165, 1.54) is 0 Å². The monoisotopic (exact) mass is 210 g/mol. The Morgan fingerprint density at radius 2 is 2.33 bits per heavy atom. The molecule has 0 N–H and O–H groups in total. The molecule has 4 nitrogen and oxygen atoms in total. The minimum atomic E-state index is -0.208. The summed E-state index contributed by atoms with van der Waals surface area (Å²) in [5.74, 6) is 0.735. The Bertz CT molecular complexity index is 318. The van der Waals surface area contributed by atoms with Crippen molar-refractivity contribution in [1.29, 1.82) is 0 Å². The summed E-state index contributed by atoms with van der Waals surface area (Å²) in [6.07, 6.45) is 5.38. The van der Waals surface area contributed by atoms with E-state index in [4.69, 9.17) is 4.74 Å². The molecule has 0 saturated heterocycles. The third-order valence-electron chi connectivity index (χ3n) is 1.94. The molecule has 84 valence electrons. The fraction of sp³-hybridized carbons (Fsp3) is 0.636. The highest BCUT2D eigenvalue weighted by Gasteiger charge is 2.09. The standard InChI is InChI=1S/C11H18N2O2/c1-4-5-10-12-6-7-13(10)8-11(14)15-9(2)3/h6-7,9H,4-5,8H2,1-3H3. The zero-order chi connectivity index (χ0) is 11.3. The summed E-state index contributed by atoms with van der Waals surface area (Å²) in [5, 5.41) is 0. The number of esters is 1. The first-order valence-corrected chi connectivity index (χ1v) is 5.33. The van der Waals surface area contributed by atoms with Crippen molar-refractivity contribution < 1.29 is 9.53 Å². The van der Waals surface area contributed by atoms with Crippen LogP contribution in [0.3, 0.4) is 0 Å². The van der Waals surface area contributed by atoms with Gasteiger partial charge in [-0.3, -0.25) is 4.79 Å². The molecule has 0 aliphatic rings. The van der Waals surface area contributed by atoms with Crippen molar-refractivity contribution in [3.63, 3.8) is 0 Å². The molecule has 0 radical (unpaired) electrons. The number of hydrogen-bond acceptors (Lipinski definition) is 3. The number of ether oxygens (including phenoxy) is 1. The maximum atomic E-state index is 11.4. The van der Waals surface area contributed by atoms with E-state index in [-0.39, 0.29) is 18.6 Å². The third kappa shape index (κ3) is 3.73. The molecule has 0 aliphatic carbocycles. The molecule has 0 atom stereocenters. The van der Waals surface area contributed by atoms with E-state index < -0.39 is 0 Å². The van der Waals surface area contributed by atoms with Gasteiger partial charge in [-0.15, -0.1) is 0 Å². The van der Waals surface area contributed by atoms with Gasteiger partial charge in [-0.2, -0.15) is 0 Å². The number of carbonyl (C=O) groups excluding carboxylic acids is 1. The molecule has 0 bridgehead atoms. The van der Waals surface area contributed by atoms with E-state index in [0.717, 1.165) is 18.7 Å². The molecule has 0 saturated carbocycles. The van der Waals surface area contributed by atoms with Gasteiger partial charge in [-0.25, -0.2) is 4.98 Å². The number of carbonyl (C=O) groups is 1. The topological polar surface area (TPSA) is 44.1 Å². The Labute approximate surface area is 90.3 Å². The smallest absolute Gasteiger partial charge is 0.326 e. The maximum absolute atomic E-state index is 11.4. The lowest BCUT2D eigenvalue weighted by Crippen LogP contribution is -2.18. The summed E-state index contributed by atoms with van der Waals surface area (Å²) < 4.78 is 6.91. The SMILES string of the molecule is CCCc1nccn1CC(=O)OC(C)C. The number of aryl methyl sites for hydroxylation is 1. The summed E-state index contributed by atoms with van der Waals surface area (Å²) in [7, 11) is 0. The Kier molecular flexibility index (Phi) is 4.34. The lowest BCUT2D eigenvalue weighted by Gasteiger charge is -2.09. The van der Waals surface area contributed by atoms with Crippen molar-refractivity contribution in [3.8, 4) is 0 Å². The normalized spacial score (nSPS) is 10.7. The van der Waals surface area contributed by atoms with Gasteiger partial charge in [0.1, 0.15) is 12.4 Å². The first-order valence-electron chi connectivity index (χ1n) is 5.33. The van der Waals surface area contributed by atoms with Gasteiger partial charge in [0.15, 0.2) is 0 Å². The number of hydrogen-bond donors (Lipinski definition) is 0. The zero-order valence-corrected chi connectivity index (χ0v) is 9.56. The molecule has 0 aliphatic heterocycles. The lowest BCUT2D eigenvalue weighted by molar-refractivity contribution is -0.148. The van der Waals surface area contributed by atoms with Gasteiger partial charge in [0, 0.05) is 18.8 Å². The quantitative estimate of drug-likeness (QED) is 0.696. The van der Waals surface area contributed by atoms with Crippen LogP contribution in [0.2, 0.25) is 0 Å². The number of rotatable bonds is 5. The molecular formula is C11H18N2O2. The summed E-state index contributed by atoms with van der Waals surface area (Å²) in [4.78, 5) is 15.6. The molecule has 0 fully saturated rings. The Hall–Kier alpha value is -1.32. The van der Waals surface area contributed by atoms with E-state index >= 15 is 0 Å². The minimum absolute atomic E-state index is 0.0596. The maximum Gasteiger partial charge on any atom is 0.326 e. The second-order valence-electron chi connectivity index (χ2n) is 3.76. The van der Waals surface area contributed by atoms with Crippen LogP contribution in [0.4, 0.5) is 0 Å². The molecule has 1 heterocycles. The van der Waals surface area contributed by atoms with Crippen LogP contribution in [-0.4, -0.2) is 21.6 Å². The third-order valence-corrected chi connectivity index (χ3v) is 1.94. The van der Waals surface area contributed by atoms with Crippen LogP contribution in [0.25, 0.3) is 0 Å². The summed E-state index contributed by atoms with van der Waals surface area (Å²) in [6, 6.07) is 0. The van der Waals surface area contributed by atoms with Crippen molar-refractivity contribution in [2.45, 2.75) is 46.3 Å². The van der Waals surface area contributed by atoms with Crippen LogP contribution in [0.1, 0.15) is 33.0 Å². The summed E-state index contributed by atoms with van der Waals surface area (Å²) in [6.45, 7) is 6.04. The second kappa shape index (κ2) is 5.53. The van der Waals surface area contributed by atoms with E-state index in [9.17, 15) is 4.79 Å². The van der Waals surface area contributed by atoms with Gasteiger partial charge >= 0.3 is 5.97 Å². The molecule has 15 heavy (non-hydrogen) atoms. The first-order chi connectivity index (χ1) is 7.13. The predicted octanol–water partition coefficient (Wildman–Crippen LogP) is 1.79. The molecule has 1 aromatic rings. The zero-order valence-electron chi connectivity index (χ0n) is 9.56. The van der Waals surface area contributed by atoms with Gasteiger partial charge in [0.2, 0.25) is 0 Å². The number of aromatic nitrogens is 2. The Morgan fingerprint density at radius 3 is 2.93 bits per heavy atom. The molecule has 1 rings (SSSR count). The Balaban J connectivity index is 2.55. The van der Waals surface area contributed by atoms with Crippen molar-refractivity contribution in [3.05, 3.63) is 18.2 Å².